The Hall–Kier alpha value is -2.67. The van der Waals surface area contributed by atoms with Crippen LogP contribution >= 0.6 is 0 Å². The molecule has 0 amide bonds. The Morgan fingerprint density at radius 1 is 1.21 bits per heavy atom. The molecule has 0 radical (unpaired) electrons. The molecule has 1 atom stereocenters. The number of fused-ring (bicyclic) bond motifs is 1. The molecule has 1 aliphatic carbocycles. The number of nitrogens with one attached hydrogen (secondary N) is 1. The zero-order valence-corrected chi connectivity index (χ0v) is 17.1. The van der Waals surface area contributed by atoms with Gasteiger partial charge in [0.1, 0.15) is 5.65 Å². The number of carboxylic acid groups (broad SMARTS) is 1. The lowest BCUT2D eigenvalue weighted by molar-refractivity contribution is 0.0696. The van der Waals surface area contributed by atoms with Crippen LogP contribution in [0.5, 0.6) is 0 Å². The molecular formula is C22H24N2O4S. The highest BCUT2D eigenvalue weighted by atomic mass is 32.2. The summed E-state index contributed by atoms with van der Waals surface area (Å²) in [4.78, 5) is 19.2. The van der Waals surface area contributed by atoms with E-state index in [1.165, 1.54) is 38.1 Å². The van der Waals surface area contributed by atoms with Gasteiger partial charge in [-0.25, -0.2) is 18.2 Å². The molecule has 0 aliphatic heterocycles. The van der Waals surface area contributed by atoms with Gasteiger partial charge < -0.3 is 10.1 Å². The first kappa shape index (κ1) is 19.6. The van der Waals surface area contributed by atoms with Gasteiger partial charge in [-0.15, -0.1) is 0 Å². The van der Waals surface area contributed by atoms with Gasteiger partial charge in [-0.05, 0) is 42.2 Å². The number of carbonyl (C=O) groups is 1. The molecule has 2 heterocycles. The molecule has 1 aliphatic rings. The monoisotopic (exact) mass is 412 g/mol. The first-order valence-electron chi connectivity index (χ1n) is 9.83. The fraction of sp³-hybridized carbons (Fsp3) is 0.364. The van der Waals surface area contributed by atoms with E-state index in [-0.39, 0.29) is 11.5 Å². The Kier molecular flexibility index (Phi) is 5.17. The molecule has 4 rings (SSSR count). The first-order chi connectivity index (χ1) is 13.8. The van der Waals surface area contributed by atoms with Gasteiger partial charge >= 0.3 is 5.97 Å². The summed E-state index contributed by atoms with van der Waals surface area (Å²) in [6.07, 6.45) is 8.45. The Bertz CT molecular complexity index is 1140. The number of carboxylic acids is 1. The molecule has 0 saturated heterocycles. The number of sulfone groups is 1. The SMILES string of the molecule is CS(=O)(=O)c1ccc(C(CC2CCCC2)c2cc3cc(C(=O)O)cnc3[nH]2)cc1. The summed E-state index contributed by atoms with van der Waals surface area (Å²) >= 11 is 0. The Balaban J connectivity index is 1.73. The van der Waals surface area contributed by atoms with Crippen LogP contribution in [0.15, 0.2) is 47.5 Å². The van der Waals surface area contributed by atoms with Gasteiger partial charge in [-0.1, -0.05) is 37.8 Å². The predicted molar refractivity (Wildman–Crippen MR) is 111 cm³/mol. The summed E-state index contributed by atoms with van der Waals surface area (Å²) in [5.41, 5.74) is 2.85. The maximum atomic E-state index is 11.8. The van der Waals surface area contributed by atoms with Crippen LogP contribution in [0.3, 0.4) is 0 Å². The van der Waals surface area contributed by atoms with E-state index in [1.54, 1.807) is 18.2 Å². The second-order valence-electron chi connectivity index (χ2n) is 7.97. The summed E-state index contributed by atoms with van der Waals surface area (Å²) in [7, 11) is -3.24. The fourth-order valence-corrected chi connectivity index (χ4v) is 4.94. The Morgan fingerprint density at radius 2 is 1.90 bits per heavy atom. The van der Waals surface area contributed by atoms with Gasteiger partial charge in [-0.3, -0.25) is 0 Å². The molecular weight excluding hydrogens is 388 g/mol. The van der Waals surface area contributed by atoms with Crippen LogP contribution in [0.4, 0.5) is 0 Å². The van der Waals surface area contributed by atoms with Crippen LogP contribution in [0.25, 0.3) is 11.0 Å². The number of nitrogens with zero attached hydrogens (tertiary/aromatic N) is 1. The molecule has 1 fully saturated rings. The third-order valence-electron chi connectivity index (χ3n) is 5.87. The highest BCUT2D eigenvalue weighted by molar-refractivity contribution is 7.90. The zero-order chi connectivity index (χ0) is 20.6. The second-order valence-corrected chi connectivity index (χ2v) is 9.99. The number of H-pyrrole nitrogens is 1. The van der Waals surface area contributed by atoms with Crippen molar-refractivity contribution in [2.45, 2.75) is 42.9 Å². The number of hydrogen-bond donors (Lipinski definition) is 2. The number of pyridine rings is 1. The third kappa shape index (κ3) is 4.19. The van der Waals surface area contributed by atoms with E-state index in [4.69, 9.17) is 0 Å². The van der Waals surface area contributed by atoms with Crippen LogP contribution < -0.4 is 0 Å². The van der Waals surface area contributed by atoms with Crippen molar-refractivity contribution in [2.75, 3.05) is 6.26 Å². The van der Waals surface area contributed by atoms with E-state index in [1.807, 2.05) is 18.2 Å². The smallest absolute Gasteiger partial charge is 0.337 e. The van der Waals surface area contributed by atoms with E-state index in [2.05, 4.69) is 9.97 Å². The molecule has 0 spiro atoms. The normalized spacial score (nSPS) is 16.3. The summed E-state index contributed by atoms with van der Waals surface area (Å²) in [5, 5.41) is 9.99. The minimum atomic E-state index is -3.24. The summed E-state index contributed by atoms with van der Waals surface area (Å²) in [6.45, 7) is 0. The molecule has 152 valence electrons. The largest absolute Gasteiger partial charge is 0.478 e. The van der Waals surface area contributed by atoms with Crippen LogP contribution in [0.1, 0.15) is 59.6 Å². The first-order valence-corrected chi connectivity index (χ1v) is 11.7. The van der Waals surface area contributed by atoms with Gasteiger partial charge in [0.2, 0.25) is 0 Å². The van der Waals surface area contributed by atoms with Crippen LogP contribution in [-0.2, 0) is 9.84 Å². The molecule has 0 bridgehead atoms. The molecule has 1 saturated carbocycles. The number of rotatable bonds is 6. The Morgan fingerprint density at radius 3 is 2.52 bits per heavy atom. The van der Waals surface area contributed by atoms with Crippen molar-refractivity contribution in [2.24, 2.45) is 5.92 Å². The van der Waals surface area contributed by atoms with Gasteiger partial charge in [-0.2, -0.15) is 0 Å². The predicted octanol–water partition coefficient (Wildman–Crippen LogP) is 4.38. The number of hydrogen-bond acceptors (Lipinski definition) is 4. The molecule has 2 N–H and O–H groups in total. The maximum Gasteiger partial charge on any atom is 0.337 e. The third-order valence-corrected chi connectivity index (χ3v) is 7.00. The van der Waals surface area contributed by atoms with Crippen LogP contribution in [0, 0.1) is 5.92 Å². The van der Waals surface area contributed by atoms with Crippen molar-refractivity contribution in [3.63, 3.8) is 0 Å². The van der Waals surface area contributed by atoms with Gasteiger partial charge in [0.25, 0.3) is 0 Å². The van der Waals surface area contributed by atoms with Crippen LogP contribution in [0.2, 0.25) is 0 Å². The number of aromatic amines is 1. The molecule has 3 aromatic rings. The highest BCUT2D eigenvalue weighted by Crippen LogP contribution is 2.38. The lowest BCUT2D eigenvalue weighted by Crippen LogP contribution is -2.08. The average Bonchev–Trinajstić information content (AvgIpc) is 3.34. The van der Waals surface area contributed by atoms with Gasteiger partial charge in [0.05, 0.1) is 10.5 Å². The van der Waals surface area contributed by atoms with Crippen molar-refractivity contribution in [3.8, 4) is 0 Å². The molecule has 1 aromatic carbocycles. The maximum absolute atomic E-state index is 11.8. The van der Waals surface area contributed by atoms with E-state index in [9.17, 15) is 18.3 Å². The fourth-order valence-electron chi connectivity index (χ4n) is 4.31. The highest BCUT2D eigenvalue weighted by Gasteiger charge is 2.24. The minimum absolute atomic E-state index is 0.0780. The van der Waals surface area contributed by atoms with E-state index in [0.717, 1.165) is 23.1 Å². The lowest BCUT2D eigenvalue weighted by Gasteiger charge is -2.20. The summed E-state index contributed by atoms with van der Waals surface area (Å²) < 4.78 is 23.6. The number of aromatic carboxylic acids is 1. The molecule has 6 nitrogen and oxygen atoms in total. The van der Waals surface area contributed by atoms with Crippen molar-refractivity contribution < 1.29 is 18.3 Å². The average molecular weight is 413 g/mol. The molecule has 2 aromatic heterocycles. The quantitative estimate of drug-likeness (QED) is 0.626. The topological polar surface area (TPSA) is 100 Å². The second kappa shape index (κ2) is 7.63. The zero-order valence-electron chi connectivity index (χ0n) is 16.3. The number of benzene rings is 1. The van der Waals surface area contributed by atoms with E-state index >= 15 is 0 Å². The standard InChI is InChI=1S/C22H24N2O4S/c1-29(27,28)18-8-6-15(7-9-18)19(10-14-4-2-3-5-14)20-12-16-11-17(22(25)26)13-23-21(16)24-20/h6-9,11-14,19H,2-5,10H2,1H3,(H,23,24)(H,25,26). The minimum Gasteiger partial charge on any atom is -0.478 e. The number of aromatic nitrogens is 2. The van der Waals surface area contributed by atoms with Crippen molar-refractivity contribution in [3.05, 3.63) is 59.4 Å². The van der Waals surface area contributed by atoms with E-state index < -0.39 is 15.8 Å². The van der Waals surface area contributed by atoms with Crippen molar-refractivity contribution in [1.82, 2.24) is 9.97 Å². The van der Waals surface area contributed by atoms with Gasteiger partial charge in [0, 0.05) is 29.5 Å². The van der Waals surface area contributed by atoms with Crippen LogP contribution in [-0.4, -0.2) is 35.7 Å². The van der Waals surface area contributed by atoms with E-state index in [0.29, 0.717) is 16.5 Å². The Labute approximate surface area is 169 Å². The molecule has 7 heteroatoms. The van der Waals surface area contributed by atoms with Crippen molar-refractivity contribution in [1.29, 1.82) is 0 Å². The van der Waals surface area contributed by atoms with Gasteiger partial charge in [0.15, 0.2) is 9.84 Å². The molecule has 29 heavy (non-hydrogen) atoms. The lowest BCUT2D eigenvalue weighted by atomic mass is 9.85. The summed E-state index contributed by atoms with van der Waals surface area (Å²) in [5.74, 6) is -0.293. The molecule has 1 unspecified atom stereocenters. The van der Waals surface area contributed by atoms with Crippen molar-refractivity contribution >= 4 is 26.8 Å². The summed E-state index contributed by atoms with van der Waals surface area (Å²) in [6, 6.07) is 10.7.